The van der Waals surface area contributed by atoms with Gasteiger partial charge in [0, 0.05) is 50.0 Å². The number of benzene rings is 2. The number of ketones is 1. The smallest absolute Gasteiger partial charge is 0.296 e. The molecule has 0 spiro atoms. The average Bonchev–Trinajstić information content (AvgIpc) is 3.28. The Morgan fingerprint density at radius 1 is 0.853 bits per heavy atom. The van der Waals surface area contributed by atoms with E-state index in [0.717, 1.165) is 42.0 Å². The topological polar surface area (TPSA) is 54.3 Å². The number of ether oxygens (including phenoxy) is 1. The standard InChI is InChI=1S/C28H27N3O3/c1-34-24-12-10-22(11-13-24)25-19-23-9-5-6-14-31(23)26(25)27(32)28(33)30-17-15-29(16-18-30)20-21-7-3-2-4-8-21/h2-14,19H,15-18,20H2,1H3. The Bertz CT molecular complexity index is 1300. The molecule has 5 rings (SSSR count). The van der Waals surface area contributed by atoms with Crippen molar-refractivity contribution in [3.05, 3.63) is 96.3 Å². The van der Waals surface area contributed by atoms with Crippen LogP contribution < -0.4 is 4.74 Å². The summed E-state index contributed by atoms with van der Waals surface area (Å²) in [7, 11) is 1.62. The number of methoxy groups -OCH3 is 1. The predicted molar refractivity (Wildman–Crippen MR) is 132 cm³/mol. The molecule has 4 aromatic rings. The van der Waals surface area contributed by atoms with Crippen LogP contribution in [0, 0.1) is 0 Å². The number of hydrogen-bond acceptors (Lipinski definition) is 4. The first kappa shape index (κ1) is 21.9. The van der Waals surface area contributed by atoms with Gasteiger partial charge in [-0.05, 0) is 41.5 Å². The van der Waals surface area contributed by atoms with Gasteiger partial charge >= 0.3 is 0 Å². The van der Waals surface area contributed by atoms with Crippen LogP contribution in [0.1, 0.15) is 16.1 Å². The molecule has 0 unspecified atom stereocenters. The Balaban J connectivity index is 1.37. The van der Waals surface area contributed by atoms with Crippen LogP contribution in [0.5, 0.6) is 5.75 Å². The van der Waals surface area contributed by atoms with Crippen molar-refractivity contribution in [2.45, 2.75) is 6.54 Å². The van der Waals surface area contributed by atoms with Crippen molar-refractivity contribution in [3.63, 3.8) is 0 Å². The third kappa shape index (κ3) is 4.32. The summed E-state index contributed by atoms with van der Waals surface area (Å²) in [6.07, 6.45) is 1.83. The molecule has 0 atom stereocenters. The molecule has 3 heterocycles. The van der Waals surface area contributed by atoms with Gasteiger partial charge in [0.1, 0.15) is 11.4 Å². The van der Waals surface area contributed by atoms with Crippen LogP contribution >= 0.6 is 0 Å². The summed E-state index contributed by atoms with van der Waals surface area (Å²) in [6.45, 7) is 3.42. The third-order valence-corrected chi connectivity index (χ3v) is 6.40. The van der Waals surface area contributed by atoms with Gasteiger partial charge in [0.2, 0.25) is 0 Å². The molecule has 34 heavy (non-hydrogen) atoms. The van der Waals surface area contributed by atoms with Gasteiger partial charge in [0.15, 0.2) is 0 Å². The number of carbonyl (C=O) groups excluding carboxylic acids is 2. The van der Waals surface area contributed by atoms with Crippen molar-refractivity contribution < 1.29 is 14.3 Å². The minimum Gasteiger partial charge on any atom is -0.497 e. The minimum atomic E-state index is -0.478. The maximum Gasteiger partial charge on any atom is 0.296 e. The number of piperazine rings is 1. The van der Waals surface area contributed by atoms with Gasteiger partial charge in [0.05, 0.1) is 7.11 Å². The van der Waals surface area contributed by atoms with Gasteiger partial charge in [-0.25, -0.2) is 0 Å². The number of carbonyl (C=O) groups is 2. The highest BCUT2D eigenvalue weighted by molar-refractivity contribution is 6.43. The number of hydrogen-bond donors (Lipinski definition) is 0. The number of fused-ring (bicyclic) bond motifs is 1. The van der Waals surface area contributed by atoms with E-state index in [0.29, 0.717) is 18.8 Å². The maximum atomic E-state index is 13.6. The van der Waals surface area contributed by atoms with Crippen LogP contribution in [-0.2, 0) is 11.3 Å². The highest BCUT2D eigenvalue weighted by atomic mass is 16.5. The van der Waals surface area contributed by atoms with Crippen LogP contribution in [0.3, 0.4) is 0 Å². The molecule has 6 heteroatoms. The summed E-state index contributed by atoms with van der Waals surface area (Å²) in [5.74, 6) is -0.184. The lowest BCUT2D eigenvalue weighted by Crippen LogP contribution is -2.50. The molecule has 1 aliphatic heterocycles. The Morgan fingerprint density at radius 2 is 1.56 bits per heavy atom. The fraction of sp³-hybridized carbons (Fsp3) is 0.214. The van der Waals surface area contributed by atoms with E-state index in [4.69, 9.17) is 4.74 Å². The molecule has 1 aliphatic rings. The monoisotopic (exact) mass is 453 g/mol. The lowest BCUT2D eigenvalue weighted by Gasteiger charge is -2.34. The molecule has 172 valence electrons. The summed E-state index contributed by atoms with van der Waals surface area (Å²) in [6, 6.07) is 25.6. The fourth-order valence-electron chi connectivity index (χ4n) is 4.54. The third-order valence-electron chi connectivity index (χ3n) is 6.40. The first-order valence-corrected chi connectivity index (χ1v) is 11.5. The highest BCUT2D eigenvalue weighted by Crippen LogP contribution is 2.30. The molecule has 0 aliphatic carbocycles. The van der Waals surface area contributed by atoms with Gasteiger partial charge in [-0.15, -0.1) is 0 Å². The molecule has 1 saturated heterocycles. The van der Waals surface area contributed by atoms with Crippen molar-refractivity contribution in [3.8, 4) is 16.9 Å². The minimum absolute atomic E-state index is 0.400. The van der Waals surface area contributed by atoms with Crippen LogP contribution in [0.25, 0.3) is 16.6 Å². The summed E-state index contributed by atoms with van der Waals surface area (Å²) >= 11 is 0. The molecular weight excluding hydrogens is 426 g/mol. The number of aromatic nitrogens is 1. The van der Waals surface area contributed by atoms with Crippen molar-refractivity contribution >= 4 is 17.2 Å². The lowest BCUT2D eigenvalue weighted by atomic mass is 10.0. The van der Waals surface area contributed by atoms with E-state index in [-0.39, 0.29) is 0 Å². The molecule has 0 radical (unpaired) electrons. The maximum absolute atomic E-state index is 13.6. The Kier molecular flexibility index (Phi) is 6.14. The quantitative estimate of drug-likeness (QED) is 0.325. The average molecular weight is 454 g/mol. The van der Waals surface area contributed by atoms with Gasteiger partial charge in [0.25, 0.3) is 11.7 Å². The first-order valence-electron chi connectivity index (χ1n) is 11.5. The zero-order valence-electron chi connectivity index (χ0n) is 19.2. The predicted octanol–water partition coefficient (Wildman–Crippen LogP) is 4.14. The van der Waals surface area contributed by atoms with Crippen LogP contribution in [0.2, 0.25) is 0 Å². The molecule has 1 fully saturated rings. The zero-order valence-corrected chi connectivity index (χ0v) is 19.2. The van der Waals surface area contributed by atoms with E-state index < -0.39 is 11.7 Å². The summed E-state index contributed by atoms with van der Waals surface area (Å²) in [5.41, 5.74) is 4.14. The summed E-state index contributed by atoms with van der Waals surface area (Å²) in [5, 5.41) is 0. The van der Waals surface area contributed by atoms with Crippen LogP contribution in [0.4, 0.5) is 0 Å². The number of pyridine rings is 1. The largest absolute Gasteiger partial charge is 0.497 e. The van der Waals surface area contributed by atoms with Crippen molar-refractivity contribution in [2.24, 2.45) is 0 Å². The Morgan fingerprint density at radius 3 is 2.26 bits per heavy atom. The molecule has 0 N–H and O–H groups in total. The summed E-state index contributed by atoms with van der Waals surface area (Å²) in [4.78, 5) is 30.9. The second kappa shape index (κ2) is 9.53. The first-order chi connectivity index (χ1) is 16.6. The number of Topliss-reactive ketones (excluding diaryl/α,β-unsaturated/α-hetero) is 1. The molecule has 0 bridgehead atoms. The molecule has 6 nitrogen and oxygen atoms in total. The van der Waals surface area contributed by atoms with E-state index in [1.807, 2.05) is 77.3 Å². The highest BCUT2D eigenvalue weighted by Gasteiger charge is 2.30. The molecule has 2 aromatic carbocycles. The zero-order chi connectivity index (χ0) is 23.5. The van der Waals surface area contributed by atoms with E-state index in [9.17, 15) is 9.59 Å². The van der Waals surface area contributed by atoms with E-state index in [1.54, 1.807) is 12.0 Å². The van der Waals surface area contributed by atoms with Crippen molar-refractivity contribution in [1.29, 1.82) is 0 Å². The second-order valence-electron chi connectivity index (χ2n) is 8.51. The number of nitrogens with zero attached hydrogens (tertiary/aromatic N) is 3. The Hall–Kier alpha value is -3.90. The van der Waals surface area contributed by atoms with Gasteiger partial charge in [-0.2, -0.15) is 0 Å². The molecule has 0 saturated carbocycles. The van der Waals surface area contributed by atoms with Crippen molar-refractivity contribution in [1.82, 2.24) is 14.2 Å². The van der Waals surface area contributed by atoms with Gasteiger partial charge < -0.3 is 14.0 Å². The SMILES string of the molecule is COc1ccc(-c2cc3ccccn3c2C(=O)C(=O)N2CCN(Cc3ccccc3)CC2)cc1. The van der Waals surface area contributed by atoms with E-state index in [2.05, 4.69) is 17.0 Å². The molecular formula is C28H27N3O3. The lowest BCUT2D eigenvalue weighted by molar-refractivity contribution is -0.128. The summed E-state index contributed by atoms with van der Waals surface area (Å²) < 4.78 is 7.08. The van der Waals surface area contributed by atoms with Crippen LogP contribution in [0.15, 0.2) is 85.1 Å². The van der Waals surface area contributed by atoms with Crippen molar-refractivity contribution in [2.75, 3.05) is 33.3 Å². The van der Waals surface area contributed by atoms with Crippen LogP contribution in [-0.4, -0.2) is 59.2 Å². The van der Waals surface area contributed by atoms with Gasteiger partial charge in [-0.1, -0.05) is 48.5 Å². The molecule has 1 amide bonds. The second-order valence-corrected chi connectivity index (χ2v) is 8.51. The number of amides is 1. The van der Waals surface area contributed by atoms with Gasteiger partial charge in [-0.3, -0.25) is 14.5 Å². The van der Waals surface area contributed by atoms with E-state index in [1.165, 1.54) is 5.56 Å². The fourth-order valence-corrected chi connectivity index (χ4v) is 4.54. The Labute approximate surface area is 199 Å². The number of rotatable bonds is 6. The normalized spacial score (nSPS) is 14.3. The van der Waals surface area contributed by atoms with E-state index >= 15 is 0 Å². The molecule has 2 aromatic heterocycles.